The summed E-state index contributed by atoms with van der Waals surface area (Å²) in [7, 11) is -9.93. The third-order valence-electron chi connectivity index (χ3n) is 20.0. The molecule has 0 aromatic heterocycles. The number of aliphatic hydroxyl groups excluding tert-OH is 1. The number of aliphatic hydroxyl groups is 1. The summed E-state index contributed by atoms with van der Waals surface area (Å²) in [5.41, 5.74) is 0. The lowest BCUT2D eigenvalue weighted by molar-refractivity contribution is -0.161. The van der Waals surface area contributed by atoms with Gasteiger partial charge >= 0.3 is 39.5 Å². The molecule has 3 N–H and O–H groups in total. The largest absolute Gasteiger partial charge is 0.472 e. The fourth-order valence-electron chi connectivity index (χ4n) is 13.2. The van der Waals surface area contributed by atoms with Gasteiger partial charge in [-0.25, -0.2) is 9.13 Å². The van der Waals surface area contributed by atoms with Crippen LogP contribution in [0.25, 0.3) is 0 Å². The maximum atomic E-state index is 13.1. The van der Waals surface area contributed by atoms with Crippen molar-refractivity contribution in [2.75, 3.05) is 39.6 Å². The summed E-state index contributed by atoms with van der Waals surface area (Å²) in [5, 5.41) is 10.7. The van der Waals surface area contributed by atoms with Crippen molar-refractivity contribution in [3.8, 4) is 0 Å². The molecule has 0 aromatic carbocycles. The molecule has 0 aliphatic rings. The van der Waals surface area contributed by atoms with E-state index in [1.807, 2.05) is 0 Å². The number of hydrogen-bond donors (Lipinski definition) is 3. The van der Waals surface area contributed by atoms with Crippen LogP contribution in [0.5, 0.6) is 0 Å². The van der Waals surface area contributed by atoms with E-state index in [0.717, 1.165) is 102 Å². The first kappa shape index (κ1) is 102. The molecular formula is C85H166O17P2. The molecule has 19 heteroatoms. The number of phosphoric acid groups is 2. The molecular weight excluding hydrogens is 1350 g/mol. The molecule has 2 unspecified atom stereocenters. The molecule has 0 saturated heterocycles. The van der Waals surface area contributed by atoms with Crippen molar-refractivity contribution in [2.24, 2.45) is 11.8 Å². The van der Waals surface area contributed by atoms with Gasteiger partial charge in [-0.2, -0.15) is 0 Å². The highest BCUT2D eigenvalue weighted by molar-refractivity contribution is 7.47. The molecule has 0 fully saturated rings. The summed E-state index contributed by atoms with van der Waals surface area (Å²) in [5.74, 6) is -0.519. The van der Waals surface area contributed by atoms with Crippen LogP contribution in [0.1, 0.15) is 452 Å². The Labute approximate surface area is 638 Å². The second kappa shape index (κ2) is 76.4. The van der Waals surface area contributed by atoms with Crippen LogP contribution < -0.4 is 0 Å². The summed E-state index contributed by atoms with van der Waals surface area (Å²) in [6.07, 6.45) is 68.0. The van der Waals surface area contributed by atoms with Crippen molar-refractivity contribution in [2.45, 2.75) is 471 Å². The fourth-order valence-corrected chi connectivity index (χ4v) is 14.8. The number of phosphoric ester groups is 2. The molecule has 17 nitrogen and oxygen atoms in total. The molecule has 0 heterocycles. The van der Waals surface area contributed by atoms with Crippen molar-refractivity contribution < 1.29 is 80.2 Å². The van der Waals surface area contributed by atoms with Crippen molar-refractivity contribution in [1.29, 1.82) is 0 Å². The highest BCUT2D eigenvalue weighted by Gasteiger charge is 2.30. The minimum atomic E-state index is -4.97. The quantitative estimate of drug-likeness (QED) is 0.0222. The predicted octanol–water partition coefficient (Wildman–Crippen LogP) is 25.8. The number of carbonyl (C=O) groups excluding carboxylic acids is 4. The van der Waals surface area contributed by atoms with Crippen LogP contribution in [0.2, 0.25) is 0 Å². The van der Waals surface area contributed by atoms with E-state index in [-0.39, 0.29) is 25.7 Å². The van der Waals surface area contributed by atoms with E-state index in [1.54, 1.807) is 0 Å². The maximum Gasteiger partial charge on any atom is 0.472 e. The van der Waals surface area contributed by atoms with Crippen molar-refractivity contribution >= 4 is 39.5 Å². The molecule has 0 spiro atoms. The van der Waals surface area contributed by atoms with E-state index in [0.29, 0.717) is 25.7 Å². The van der Waals surface area contributed by atoms with Gasteiger partial charge in [0.25, 0.3) is 0 Å². The topological polar surface area (TPSA) is 237 Å². The fraction of sp³-hybridized carbons (Fsp3) is 0.953. The zero-order chi connectivity index (χ0) is 76.4. The third kappa shape index (κ3) is 78.2. The Kier molecular flexibility index (Phi) is 75.0. The number of hydrogen-bond acceptors (Lipinski definition) is 15. The Morgan fingerprint density at radius 1 is 0.260 bits per heavy atom. The maximum absolute atomic E-state index is 13.1. The van der Waals surface area contributed by atoms with E-state index in [2.05, 4.69) is 41.5 Å². The Morgan fingerprint density at radius 3 is 0.654 bits per heavy atom. The minimum absolute atomic E-state index is 0.107. The lowest BCUT2D eigenvalue weighted by Gasteiger charge is -2.21. The van der Waals surface area contributed by atoms with E-state index < -0.39 is 97.5 Å². The molecule has 0 aliphatic heterocycles. The zero-order valence-electron chi connectivity index (χ0n) is 68.3. The Bertz CT molecular complexity index is 1990. The van der Waals surface area contributed by atoms with Crippen LogP contribution in [0.3, 0.4) is 0 Å². The molecule has 0 aromatic rings. The highest BCUT2D eigenvalue weighted by atomic mass is 31.2. The van der Waals surface area contributed by atoms with Crippen molar-refractivity contribution in [1.82, 2.24) is 0 Å². The van der Waals surface area contributed by atoms with Crippen molar-refractivity contribution in [3.05, 3.63) is 0 Å². The normalized spacial score (nSPS) is 13.8. The van der Waals surface area contributed by atoms with Gasteiger partial charge in [-0.1, -0.05) is 401 Å². The highest BCUT2D eigenvalue weighted by Crippen LogP contribution is 2.45. The zero-order valence-corrected chi connectivity index (χ0v) is 70.1. The van der Waals surface area contributed by atoms with Gasteiger partial charge in [-0.3, -0.25) is 37.3 Å². The van der Waals surface area contributed by atoms with E-state index in [9.17, 15) is 43.2 Å². The van der Waals surface area contributed by atoms with Gasteiger partial charge in [0.05, 0.1) is 26.4 Å². The first-order chi connectivity index (χ1) is 50.4. The number of rotatable bonds is 84. The van der Waals surface area contributed by atoms with E-state index >= 15 is 0 Å². The molecule has 0 radical (unpaired) electrons. The molecule has 5 atom stereocenters. The Hall–Kier alpha value is -1.94. The lowest BCUT2D eigenvalue weighted by Crippen LogP contribution is -2.30. The smallest absolute Gasteiger partial charge is 0.462 e. The summed E-state index contributed by atoms with van der Waals surface area (Å²) in [6, 6.07) is 0. The number of carbonyl (C=O) groups is 4. The van der Waals surface area contributed by atoms with Gasteiger partial charge in [-0.15, -0.1) is 0 Å². The third-order valence-corrected chi connectivity index (χ3v) is 21.9. The lowest BCUT2D eigenvalue weighted by atomic mass is 10.0. The molecule has 0 aliphatic carbocycles. The second-order valence-electron chi connectivity index (χ2n) is 31.5. The SMILES string of the molecule is CCCCCCCCCCCCCCCCCCCCCCC(=O)O[C@H](COC(=O)CCCCCCCCCCCCCCCCCC(C)C)COP(=O)(O)OC[C@@H](O)COP(=O)(O)OC[C@@H](COC(=O)CCCCCCCCCCCCC)OC(=O)CCCCCCCCCCCCCCC(C)C. The first-order valence-electron chi connectivity index (χ1n) is 44.0. The number of esters is 4. The number of ether oxygens (including phenoxy) is 4. The average Bonchev–Trinajstić information content (AvgIpc) is 0.929. The predicted molar refractivity (Wildman–Crippen MR) is 428 cm³/mol. The Balaban J connectivity index is 5.24. The van der Waals surface area contributed by atoms with Crippen molar-refractivity contribution in [3.63, 3.8) is 0 Å². The molecule has 618 valence electrons. The monoisotopic (exact) mass is 1520 g/mol. The van der Waals surface area contributed by atoms with E-state index in [1.165, 1.54) is 270 Å². The van der Waals surface area contributed by atoms with Crippen LogP contribution in [-0.4, -0.2) is 96.7 Å². The standard InChI is InChI=1S/C85H166O17P2/c1-7-9-11-13-15-17-19-20-21-22-23-24-25-28-32-39-45-51-57-63-69-84(89)101-81(74-96-83(88)68-62-56-50-44-38-31-29-26-27-30-36-41-47-53-59-65-77(3)4)76-100-104(93,94)98-72-79(86)71-97-103(91,92)99-75-80(73-95-82(87)67-61-55-49-43-35-18-16-14-12-10-8-2)102-85(90)70-64-58-52-46-40-34-33-37-42-48-54-60-66-78(5)6/h77-81,86H,7-76H2,1-6H3,(H,91,92)(H,93,94)/t79-,80+,81+/m0/s1. The van der Waals surface area contributed by atoms with E-state index in [4.69, 9.17) is 37.0 Å². The van der Waals surface area contributed by atoms with Crippen LogP contribution in [0.4, 0.5) is 0 Å². The average molecular weight is 1520 g/mol. The summed E-state index contributed by atoms with van der Waals surface area (Å²) >= 11 is 0. The summed E-state index contributed by atoms with van der Waals surface area (Å²) in [6.45, 7) is 9.70. The van der Waals surface area contributed by atoms with Gasteiger partial charge in [0.15, 0.2) is 12.2 Å². The van der Waals surface area contributed by atoms with Crippen LogP contribution in [0, 0.1) is 11.8 Å². The van der Waals surface area contributed by atoms with Gasteiger partial charge in [0.1, 0.15) is 19.3 Å². The summed E-state index contributed by atoms with van der Waals surface area (Å²) in [4.78, 5) is 73.2. The molecule has 104 heavy (non-hydrogen) atoms. The van der Waals surface area contributed by atoms with Gasteiger partial charge < -0.3 is 33.8 Å². The Morgan fingerprint density at radius 2 is 0.442 bits per heavy atom. The van der Waals surface area contributed by atoms with Crippen LogP contribution in [-0.2, 0) is 65.4 Å². The van der Waals surface area contributed by atoms with Crippen LogP contribution >= 0.6 is 15.6 Å². The van der Waals surface area contributed by atoms with Gasteiger partial charge in [-0.05, 0) is 37.5 Å². The summed E-state index contributed by atoms with van der Waals surface area (Å²) < 4.78 is 68.9. The second-order valence-corrected chi connectivity index (χ2v) is 34.4. The first-order valence-corrected chi connectivity index (χ1v) is 47.0. The molecule has 0 bridgehead atoms. The molecule has 0 rings (SSSR count). The van der Waals surface area contributed by atoms with Gasteiger partial charge in [0, 0.05) is 25.7 Å². The molecule has 0 saturated carbocycles. The number of unbranched alkanes of at least 4 members (excludes halogenated alkanes) is 54. The van der Waals surface area contributed by atoms with Gasteiger partial charge in [0.2, 0.25) is 0 Å². The molecule has 0 amide bonds. The van der Waals surface area contributed by atoms with Crippen LogP contribution in [0.15, 0.2) is 0 Å². The minimum Gasteiger partial charge on any atom is -0.462 e.